The number of rotatable bonds is 13. The van der Waals surface area contributed by atoms with Gasteiger partial charge in [-0.15, -0.1) is 0 Å². The first-order valence-corrected chi connectivity index (χ1v) is 14.3. The van der Waals surface area contributed by atoms with E-state index >= 15 is 0 Å². The Labute approximate surface area is 240 Å². The summed E-state index contributed by atoms with van der Waals surface area (Å²) in [5.41, 5.74) is 0.926. The lowest BCUT2D eigenvalue weighted by atomic mass is 9.87. The number of amides is 3. The van der Waals surface area contributed by atoms with Gasteiger partial charge in [-0.3, -0.25) is 14.4 Å². The quantitative estimate of drug-likeness (QED) is 0.313. The van der Waals surface area contributed by atoms with Crippen LogP contribution < -0.4 is 10.6 Å². The summed E-state index contributed by atoms with van der Waals surface area (Å²) in [6.45, 7) is 20.9. The Balaban J connectivity index is 3.66. The zero-order chi connectivity index (χ0) is 30.8. The molecule has 1 aromatic carbocycles. The van der Waals surface area contributed by atoms with Gasteiger partial charge in [0.25, 0.3) is 0 Å². The van der Waals surface area contributed by atoms with Gasteiger partial charge in [-0.1, -0.05) is 39.0 Å². The Morgan fingerprint density at radius 1 is 0.975 bits per heavy atom. The van der Waals surface area contributed by atoms with Crippen molar-refractivity contribution in [1.29, 1.82) is 0 Å². The van der Waals surface area contributed by atoms with Gasteiger partial charge in [-0.25, -0.2) is 4.79 Å². The van der Waals surface area contributed by atoms with Crippen molar-refractivity contribution in [3.8, 4) is 0 Å². The maximum atomic E-state index is 14.5. The number of nitrogens with one attached hydrogen (secondary N) is 2. The van der Waals surface area contributed by atoms with E-state index in [2.05, 4.69) is 10.6 Å². The van der Waals surface area contributed by atoms with Crippen molar-refractivity contribution in [2.45, 2.75) is 119 Å². The average Bonchev–Trinajstić information content (AvgIpc) is 2.81. The molecule has 0 spiro atoms. The first-order valence-electron chi connectivity index (χ1n) is 14.3. The Bertz CT molecular complexity index is 1010. The highest BCUT2D eigenvalue weighted by atomic mass is 16.6. The van der Waals surface area contributed by atoms with E-state index in [4.69, 9.17) is 9.47 Å². The van der Waals surface area contributed by atoms with Crippen LogP contribution in [0.5, 0.6) is 0 Å². The molecule has 2 N–H and O–H groups in total. The van der Waals surface area contributed by atoms with E-state index in [0.717, 1.165) is 11.1 Å². The number of carbonyl (C=O) groups excluding carboxylic acids is 4. The predicted octanol–water partition coefficient (Wildman–Crippen LogP) is 5.37. The Morgan fingerprint density at radius 3 is 2.02 bits per heavy atom. The van der Waals surface area contributed by atoms with E-state index in [1.807, 2.05) is 66.7 Å². The van der Waals surface area contributed by atoms with Crippen molar-refractivity contribution >= 4 is 23.9 Å². The number of hydrogen-bond acceptors (Lipinski definition) is 6. The van der Waals surface area contributed by atoms with Crippen LogP contribution in [0.4, 0.5) is 4.79 Å². The standard InChI is InChI=1S/C31H51N3O6/c1-12-31(10,11)34(28(37)23(19-20(3)4)33-29(38)40-30(7,8)9)26(25-21(5)15-14-16-22(25)6)27(36)32-18-17-24(35)39-13-2/h14-16,20,23,26H,12-13,17-19H2,1-11H3,(H,32,36)(H,33,38). The average molecular weight is 562 g/mol. The molecule has 40 heavy (non-hydrogen) atoms. The third kappa shape index (κ3) is 10.5. The summed E-state index contributed by atoms with van der Waals surface area (Å²) in [4.78, 5) is 54.8. The van der Waals surface area contributed by atoms with Crippen LogP contribution in [0.25, 0.3) is 0 Å². The molecule has 0 aliphatic rings. The number of benzene rings is 1. The van der Waals surface area contributed by atoms with Crippen LogP contribution in [-0.4, -0.2) is 59.1 Å². The fraction of sp³-hybridized carbons (Fsp3) is 0.677. The van der Waals surface area contributed by atoms with Gasteiger partial charge in [0.2, 0.25) is 11.8 Å². The fourth-order valence-corrected chi connectivity index (χ4v) is 4.51. The number of aryl methyl sites for hydroxylation is 2. The summed E-state index contributed by atoms with van der Waals surface area (Å²) in [6, 6.07) is 3.81. The minimum Gasteiger partial charge on any atom is -0.466 e. The minimum atomic E-state index is -0.999. The molecular formula is C31H51N3O6. The highest BCUT2D eigenvalue weighted by Crippen LogP contribution is 2.35. The number of ether oxygens (including phenoxy) is 2. The van der Waals surface area contributed by atoms with E-state index in [-0.39, 0.29) is 31.4 Å². The van der Waals surface area contributed by atoms with Crippen LogP contribution in [0.2, 0.25) is 0 Å². The minimum absolute atomic E-state index is 0.0142. The number of carbonyl (C=O) groups is 4. The second-order valence-corrected chi connectivity index (χ2v) is 12.3. The molecule has 0 aromatic heterocycles. The van der Waals surface area contributed by atoms with Crippen molar-refractivity contribution < 1.29 is 28.7 Å². The Kier molecular flexibility index (Phi) is 13.1. The largest absolute Gasteiger partial charge is 0.466 e. The molecule has 1 rings (SSSR count). The van der Waals surface area contributed by atoms with Crippen molar-refractivity contribution in [1.82, 2.24) is 15.5 Å². The van der Waals surface area contributed by atoms with Crippen molar-refractivity contribution in [3.63, 3.8) is 0 Å². The molecule has 3 amide bonds. The lowest BCUT2D eigenvalue weighted by Crippen LogP contribution is -2.59. The molecule has 0 fully saturated rings. The van der Waals surface area contributed by atoms with Crippen LogP contribution in [-0.2, 0) is 23.9 Å². The molecule has 0 saturated carbocycles. The summed E-state index contributed by atoms with van der Waals surface area (Å²) in [7, 11) is 0. The van der Waals surface area contributed by atoms with Crippen LogP contribution in [0, 0.1) is 19.8 Å². The molecule has 2 unspecified atom stereocenters. The molecule has 0 bridgehead atoms. The Hall–Kier alpha value is -3.10. The highest BCUT2D eigenvalue weighted by Gasteiger charge is 2.44. The summed E-state index contributed by atoms with van der Waals surface area (Å²) in [5, 5.41) is 5.65. The van der Waals surface area contributed by atoms with Gasteiger partial charge >= 0.3 is 12.1 Å². The summed E-state index contributed by atoms with van der Waals surface area (Å²) in [5.74, 6) is -1.11. The van der Waals surface area contributed by atoms with Crippen LogP contribution in [0.1, 0.15) is 104 Å². The third-order valence-electron chi connectivity index (χ3n) is 6.71. The van der Waals surface area contributed by atoms with Gasteiger partial charge in [0, 0.05) is 12.1 Å². The van der Waals surface area contributed by atoms with E-state index < -0.39 is 41.2 Å². The molecule has 226 valence electrons. The van der Waals surface area contributed by atoms with Crippen molar-refractivity contribution in [2.24, 2.45) is 5.92 Å². The van der Waals surface area contributed by atoms with E-state index in [9.17, 15) is 19.2 Å². The fourth-order valence-electron chi connectivity index (χ4n) is 4.51. The SMILES string of the molecule is CCOC(=O)CCNC(=O)C(c1c(C)cccc1C)N(C(=O)C(CC(C)C)NC(=O)OC(C)(C)C)C(C)(C)CC. The normalized spacial score (nSPS) is 13.3. The lowest BCUT2D eigenvalue weighted by molar-refractivity contribution is -0.150. The Morgan fingerprint density at radius 2 is 1.55 bits per heavy atom. The van der Waals surface area contributed by atoms with Crippen LogP contribution >= 0.6 is 0 Å². The monoisotopic (exact) mass is 561 g/mol. The van der Waals surface area contributed by atoms with Crippen molar-refractivity contribution in [2.75, 3.05) is 13.2 Å². The maximum absolute atomic E-state index is 14.5. The van der Waals surface area contributed by atoms with Crippen LogP contribution in [0.15, 0.2) is 18.2 Å². The molecule has 0 radical (unpaired) electrons. The molecule has 2 atom stereocenters. The van der Waals surface area contributed by atoms with Gasteiger partial charge in [-0.05, 0) is 90.8 Å². The second kappa shape index (κ2) is 15.1. The molecule has 0 aliphatic carbocycles. The van der Waals surface area contributed by atoms with Gasteiger partial charge in [0.05, 0.1) is 13.0 Å². The predicted molar refractivity (Wildman–Crippen MR) is 157 cm³/mol. The van der Waals surface area contributed by atoms with E-state index in [1.165, 1.54) is 0 Å². The summed E-state index contributed by atoms with van der Waals surface area (Å²) < 4.78 is 10.5. The van der Waals surface area contributed by atoms with Gasteiger partial charge in [0.1, 0.15) is 17.7 Å². The van der Waals surface area contributed by atoms with Gasteiger partial charge in [-0.2, -0.15) is 0 Å². The van der Waals surface area contributed by atoms with Gasteiger partial charge in [0.15, 0.2) is 0 Å². The van der Waals surface area contributed by atoms with Gasteiger partial charge < -0.3 is 25.0 Å². The third-order valence-corrected chi connectivity index (χ3v) is 6.71. The number of esters is 1. The summed E-state index contributed by atoms with van der Waals surface area (Å²) in [6.07, 6.45) is 0.235. The van der Waals surface area contributed by atoms with E-state index in [1.54, 1.807) is 32.6 Å². The molecule has 0 heterocycles. The topological polar surface area (TPSA) is 114 Å². The second-order valence-electron chi connectivity index (χ2n) is 12.3. The maximum Gasteiger partial charge on any atom is 0.408 e. The molecule has 1 aromatic rings. The number of hydrogen-bond donors (Lipinski definition) is 2. The molecular weight excluding hydrogens is 510 g/mol. The smallest absolute Gasteiger partial charge is 0.408 e. The van der Waals surface area contributed by atoms with Crippen molar-refractivity contribution in [3.05, 3.63) is 34.9 Å². The lowest BCUT2D eigenvalue weighted by Gasteiger charge is -2.45. The molecule has 0 saturated heterocycles. The number of nitrogens with zero attached hydrogens (tertiary/aromatic N) is 1. The summed E-state index contributed by atoms with van der Waals surface area (Å²) >= 11 is 0. The number of alkyl carbamates (subject to hydrolysis) is 1. The molecule has 0 aliphatic heterocycles. The zero-order valence-electron chi connectivity index (χ0n) is 26.4. The first kappa shape index (κ1) is 34.9. The van der Waals surface area contributed by atoms with Crippen LogP contribution in [0.3, 0.4) is 0 Å². The molecule has 9 heteroatoms. The zero-order valence-corrected chi connectivity index (χ0v) is 26.4. The highest BCUT2D eigenvalue weighted by molar-refractivity contribution is 5.93. The first-order chi connectivity index (χ1) is 18.4. The van der Waals surface area contributed by atoms with E-state index in [0.29, 0.717) is 18.4 Å². The molecule has 9 nitrogen and oxygen atoms in total.